The normalized spacial score (nSPS) is 12.7. The number of imidazole rings is 1. The van der Waals surface area contributed by atoms with Crippen molar-refractivity contribution >= 4 is 31.4 Å². The molecule has 0 aliphatic carbocycles. The Morgan fingerprint density at radius 3 is 2.46 bits per heavy atom. The van der Waals surface area contributed by atoms with E-state index in [9.17, 15) is 31.2 Å². The molecular weight excluding hydrogens is 505 g/mol. The van der Waals surface area contributed by atoms with Crippen LogP contribution < -0.4 is 11.2 Å². The third-order valence-corrected chi connectivity index (χ3v) is 8.48. The van der Waals surface area contributed by atoms with E-state index in [2.05, 4.69) is 9.97 Å². The van der Waals surface area contributed by atoms with Crippen LogP contribution in [-0.4, -0.2) is 27.5 Å². The number of rotatable bonds is 6. The molecule has 0 fully saturated rings. The zero-order valence-corrected chi connectivity index (χ0v) is 20.5. The molecule has 4 rings (SSSR count). The molecule has 0 saturated heterocycles. The van der Waals surface area contributed by atoms with Gasteiger partial charge in [-0.1, -0.05) is 32.0 Å². The van der Waals surface area contributed by atoms with E-state index in [0.717, 1.165) is 22.0 Å². The summed E-state index contributed by atoms with van der Waals surface area (Å²) in [6, 6.07) is 4.84. The van der Waals surface area contributed by atoms with Gasteiger partial charge in [0.1, 0.15) is 9.73 Å². The molecule has 3 aromatic heterocycles. The zero-order valence-electron chi connectivity index (χ0n) is 18.9. The van der Waals surface area contributed by atoms with Gasteiger partial charge in [0.2, 0.25) is 15.0 Å². The van der Waals surface area contributed by atoms with Crippen LogP contribution in [0.25, 0.3) is 10.2 Å². The lowest BCUT2D eigenvalue weighted by atomic mass is 10.0. The van der Waals surface area contributed by atoms with Crippen molar-refractivity contribution in [3.63, 3.8) is 0 Å². The number of sulfone groups is 1. The Bertz CT molecular complexity index is 1630. The van der Waals surface area contributed by atoms with Crippen molar-refractivity contribution in [2.24, 2.45) is 13.0 Å². The second-order valence-electron chi connectivity index (χ2n) is 8.42. The van der Waals surface area contributed by atoms with Gasteiger partial charge < -0.3 is 4.98 Å². The van der Waals surface area contributed by atoms with Crippen LogP contribution in [-0.2, 0) is 36.0 Å². The van der Waals surface area contributed by atoms with Crippen LogP contribution in [0.5, 0.6) is 0 Å². The number of aromatic amines is 1. The number of benzene rings is 1. The standard InChI is InChI=1S/C22H21F3N4O4S2/c1-12(2)11-29-19-16(18(30)28(3)21(29)31)17(35(32,33)20-26-8-9-27-20)15(34-19)10-13-6-4-5-7-14(13)22(23,24)25/h4-9,12H,10-11H2,1-3H3,(H,26,27). The number of aromatic nitrogens is 4. The van der Waals surface area contributed by atoms with Crippen LogP contribution in [0.1, 0.15) is 29.9 Å². The third-order valence-electron chi connectivity index (χ3n) is 5.41. The highest BCUT2D eigenvalue weighted by Crippen LogP contribution is 2.39. The average molecular weight is 527 g/mol. The molecule has 186 valence electrons. The van der Waals surface area contributed by atoms with Crippen molar-refractivity contribution in [3.05, 3.63) is 73.5 Å². The highest BCUT2D eigenvalue weighted by atomic mass is 32.2. The van der Waals surface area contributed by atoms with Gasteiger partial charge in [-0.25, -0.2) is 18.2 Å². The number of nitrogens with one attached hydrogen (secondary N) is 1. The van der Waals surface area contributed by atoms with E-state index < -0.39 is 49.3 Å². The quantitative estimate of drug-likeness (QED) is 0.413. The van der Waals surface area contributed by atoms with E-state index in [0.29, 0.717) is 0 Å². The first-order valence-electron chi connectivity index (χ1n) is 10.5. The molecule has 0 bridgehead atoms. The largest absolute Gasteiger partial charge is 0.416 e. The van der Waals surface area contributed by atoms with Gasteiger partial charge in [-0.05, 0) is 17.5 Å². The van der Waals surface area contributed by atoms with E-state index >= 15 is 0 Å². The minimum Gasteiger partial charge on any atom is -0.335 e. The Balaban J connectivity index is 2.12. The minimum atomic E-state index is -4.66. The lowest BCUT2D eigenvalue weighted by Crippen LogP contribution is -2.38. The molecule has 0 saturated carbocycles. The van der Waals surface area contributed by atoms with Crippen molar-refractivity contribution in [2.45, 2.75) is 43.0 Å². The lowest BCUT2D eigenvalue weighted by Gasteiger charge is -2.12. The van der Waals surface area contributed by atoms with E-state index in [1.807, 2.05) is 13.8 Å². The number of H-pyrrole nitrogens is 1. The Hall–Kier alpha value is -3.19. The minimum absolute atomic E-state index is 0.00769. The zero-order chi connectivity index (χ0) is 25.7. The number of thiophene rings is 1. The molecule has 1 aromatic carbocycles. The highest BCUT2D eigenvalue weighted by molar-refractivity contribution is 7.91. The van der Waals surface area contributed by atoms with Crippen LogP contribution in [0.15, 0.2) is 56.3 Å². The number of nitrogens with zero attached hydrogens (tertiary/aromatic N) is 3. The Kier molecular flexibility index (Phi) is 6.26. The van der Waals surface area contributed by atoms with Gasteiger partial charge in [0.05, 0.1) is 10.9 Å². The number of hydrogen-bond acceptors (Lipinski definition) is 6. The van der Waals surface area contributed by atoms with Crippen LogP contribution >= 0.6 is 11.3 Å². The van der Waals surface area contributed by atoms with Crippen molar-refractivity contribution in [1.29, 1.82) is 0 Å². The van der Waals surface area contributed by atoms with E-state index in [-0.39, 0.29) is 33.1 Å². The van der Waals surface area contributed by atoms with Crippen LogP contribution in [0.2, 0.25) is 0 Å². The predicted octanol–water partition coefficient (Wildman–Crippen LogP) is 3.58. The maximum absolute atomic E-state index is 13.7. The maximum Gasteiger partial charge on any atom is 0.416 e. The number of alkyl halides is 3. The summed E-state index contributed by atoms with van der Waals surface area (Å²) in [6.07, 6.45) is -2.58. The van der Waals surface area contributed by atoms with E-state index in [4.69, 9.17) is 0 Å². The summed E-state index contributed by atoms with van der Waals surface area (Å²) in [5.74, 6) is -0.0324. The molecule has 0 spiro atoms. The molecule has 8 nitrogen and oxygen atoms in total. The molecule has 0 unspecified atom stereocenters. The molecule has 0 radical (unpaired) electrons. The number of hydrogen-bond donors (Lipinski definition) is 1. The summed E-state index contributed by atoms with van der Waals surface area (Å²) < 4.78 is 70.3. The number of halogens is 3. The fourth-order valence-electron chi connectivity index (χ4n) is 3.90. The van der Waals surface area contributed by atoms with Crippen molar-refractivity contribution < 1.29 is 21.6 Å². The molecule has 4 aromatic rings. The monoisotopic (exact) mass is 526 g/mol. The van der Waals surface area contributed by atoms with E-state index in [1.54, 1.807) is 0 Å². The molecule has 0 amide bonds. The summed E-state index contributed by atoms with van der Waals surface area (Å²) >= 11 is 0.829. The molecule has 3 heterocycles. The second kappa shape index (κ2) is 8.79. The highest BCUT2D eigenvalue weighted by Gasteiger charge is 2.36. The summed E-state index contributed by atoms with van der Waals surface area (Å²) in [5, 5.41) is -0.695. The van der Waals surface area contributed by atoms with Crippen LogP contribution in [0, 0.1) is 5.92 Å². The fourth-order valence-corrected chi connectivity index (χ4v) is 7.07. The molecule has 0 aliphatic rings. The van der Waals surface area contributed by atoms with Gasteiger partial charge in [0.25, 0.3) is 5.56 Å². The summed E-state index contributed by atoms with van der Waals surface area (Å²) in [7, 11) is -3.20. The Morgan fingerprint density at radius 2 is 1.86 bits per heavy atom. The van der Waals surface area contributed by atoms with Crippen LogP contribution in [0.3, 0.4) is 0 Å². The summed E-state index contributed by atoms with van der Waals surface area (Å²) in [4.78, 5) is 32.1. The van der Waals surface area contributed by atoms with Gasteiger partial charge in [0.15, 0.2) is 0 Å². The second-order valence-corrected chi connectivity index (χ2v) is 11.3. The van der Waals surface area contributed by atoms with Gasteiger partial charge in [-0.2, -0.15) is 13.2 Å². The predicted molar refractivity (Wildman–Crippen MR) is 124 cm³/mol. The topological polar surface area (TPSA) is 107 Å². The maximum atomic E-state index is 13.7. The number of fused-ring (bicyclic) bond motifs is 1. The Morgan fingerprint density at radius 1 is 1.17 bits per heavy atom. The van der Waals surface area contributed by atoms with Gasteiger partial charge in [0, 0.05) is 37.3 Å². The first-order chi connectivity index (χ1) is 16.3. The first kappa shape index (κ1) is 24.9. The summed E-state index contributed by atoms with van der Waals surface area (Å²) in [5.41, 5.74) is -2.55. The van der Waals surface area contributed by atoms with E-state index in [1.165, 1.54) is 42.2 Å². The molecule has 0 atom stereocenters. The molecule has 1 N–H and O–H groups in total. The third kappa shape index (κ3) is 4.33. The van der Waals surface area contributed by atoms with Crippen LogP contribution in [0.4, 0.5) is 13.2 Å². The van der Waals surface area contributed by atoms with Gasteiger partial charge in [-0.3, -0.25) is 13.9 Å². The fraction of sp³-hybridized carbons (Fsp3) is 0.318. The van der Waals surface area contributed by atoms with Gasteiger partial charge >= 0.3 is 11.9 Å². The molecule has 13 heteroatoms. The van der Waals surface area contributed by atoms with Crippen molar-refractivity contribution in [1.82, 2.24) is 19.1 Å². The van der Waals surface area contributed by atoms with Gasteiger partial charge in [-0.15, -0.1) is 11.3 Å². The first-order valence-corrected chi connectivity index (χ1v) is 12.8. The average Bonchev–Trinajstić information content (AvgIpc) is 3.44. The van der Waals surface area contributed by atoms with Crippen molar-refractivity contribution in [2.75, 3.05) is 0 Å². The molecular formula is C22H21F3N4O4S2. The molecule has 35 heavy (non-hydrogen) atoms. The smallest absolute Gasteiger partial charge is 0.335 e. The molecule has 0 aliphatic heterocycles. The Labute approximate surface area is 201 Å². The SMILES string of the molecule is CC(C)Cn1c(=O)n(C)c(=O)c2c(S(=O)(=O)c3ncc[nH]3)c(Cc3ccccc3C(F)(F)F)sc21. The lowest BCUT2D eigenvalue weighted by molar-refractivity contribution is -0.138. The van der Waals surface area contributed by atoms with Crippen molar-refractivity contribution in [3.8, 4) is 0 Å². The summed E-state index contributed by atoms with van der Waals surface area (Å²) in [6.45, 7) is 3.87.